The van der Waals surface area contributed by atoms with Crippen molar-refractivity contribution in [3.8, 4) is 11.8 Å². The van der Waals surface area contributed by atoms with Crippen LogP contribution in [-0.4, -0.2) is 28.1 Å². The predicted octanol–water partition coefficient (Wildman–Crippen LogP) is 3.12. The molecule has 0 saturated carbocycles. The van der Waals surface area contributed by atoms with E-state index >= 15 is 0 Å². The van der Waals surface area contributed by atoms with Gasteiger partial charge >= 0.3 is 0 Å². The van der Waals surface area contributed by atoms with Crippen LogP contribution in [0.5, 0.6) is 11.8 Å². The van der Waals surface area contributed by atoms with Crippen molar-refractivity contribution in [2.45, 2.75) is 26.7 Å². The summed E-state index contributed by atoms with van der Waals surface area (Å²) in [7, 11) is 0. The first-order valence-electron chi connectivity index (χ1n) is 6.87. The van der Waals surface area contributed by atoms with Crippen molar-refractivity contribution in [2.75, 3.05) is 13.2 Å². The SMILES string of the molecule is CCCOc1nc2ccc([N+](=O)[O-])cc2nc1OCCC. The first-order valence-corrected chi connectivity index (χ1v) is 6.87. The molecule has 0 N–H and O–H groups in total. The Morgan fingerprint density at radius 1 is 1.05 bits per heavy atom. The minimum atomic E-state index is -0.463. The Hall–Kier alpha value is -2.44. The van der Waals surface area contributed by atoms with Crippen LogP contribution >= 0.6 is 0 Å². The Bertz CT molecular complexity index is 645. The molecule has 0 unspecified atom stereocenters. The first-order chi connectivity index (χ1) is 10.2. The van der Waals surface area contributed by atoms with Gasteiger partial charge in [0, 0.05) is 12.1 Å². The summed E-state index contributed by atoms with van der Waals surface area (Å²) in [5.74, 6) is 0.602. The van der Waals surface area contributed by atoms with Crippen LogP contribution in [-0.2, 0) is 0 Å². The van der Waals surface area contributed by atoms with Gasteiger partial charge in [0.25, 0.3) is 17.4 Å². The molecule has 0 atom stereocenters. The third kappa shape index (κ3) is 3.56. The van der Waals surface area contributed by atoms with Gasteiger partial charge in [-0.15, -0.1) is 0 Å². The van der Waals surface area contributed by atoms with Gasteiger partial charge in [-0.2, -0.15) is 0 Å². The summed E-state index contributed by atoms with van der Waals surface area (Å²) in [6.07, 6.45) is 1.66. The summed E-state index contributed by atoms with van der Waals surface area (Å²) < 4.78 is 11.1. The lowest BCUT2D eigenvalue weighted by Crippen LogP contribution is -2.05. The molecular formula is C14H17N3O4. The average molecular weight is 291 g/mol. The van der Waals surface area contributed by atoms with Gasteiger partial charge in [0.2, 0.25) is 0 Å². The van der Waals surface area contributed by atoms with Gasteiger partial charge in [0.05, 0.1) is 29.2 Å². The van der Waals surface area contributed by atoms with E-state index in [1.165, 1.54) is 12.1 Å². The number of rotatable bonds is 7. The zero-order valence-corrected chi connectivity index (χ0v) is 12.0. The van der Waals surface area contributed by atoms with Crippen molar-refractivity contribution >= 4 is 16.7 Å². The van der Waals surface area contributed by atoms with E-state index in [0.717, 1.165) is 12.8 Å². The molecule has 0 aliphatic carbocycles. The maximum Gasteiger partial charge on any atom is 0.278 e. The maximum atomic E-state index is 10.8. The number of hydrogen-bond donors (Lipinski definition) is 0. The summed E-state index contributed by atoms with van der Waals surface area (Å²) in [5.41, 5.74) is 0.926. The number of ether oxygens (including phenoxy) is 2. The Morgan fingerprint density at radius 3 is 2.14 bits per heavy atom. The lowest BCUT2D eigenvalue weighted by atomic mass is 10.2. The van der Waals surface area contributed by atoms with E-state index in [9.17, 15) is 10.1 Å². The summed E-state index contributed by atoms with van der Waals surface area (Å²) in [5, 5.41) is 10.8. The van der Waals surface area contributed by atoms with Crippen molar-refractivity contribution in [1.82, 2.24) is 9.97 Å². The normalized spacial score (nSPS) is 10.6. The number of non-ortho nitro benzene ring substituents is 1. The Balaban J connectivity index is 2.45. The Morgan fingerprint density at radius 2 is 1.62 bits per heavy atom. The van der Waals surface area contributed by atoms with Crippen LogP contribution in [0.1, 0.15) is 26.7 Å². The molecule has 2 aromatic rings. The lowest BCUT2D eigenvalue weighted by molar-refractivity contribution is -0.384. The molecule has 0 aliphatic heterocycles. The van der Waals surface area contributed by atoms with Gasteiger partial charge in [-0.3, -0.25) is 10.1 Å². The number of aromatic nitrogens is 2. The molecular weight excluding hydrogens is 274 g/mol. The fourth-order valence-electron chi connectivity index (χ4n) is 1.71. The van der Waals surface area contributed by atoms with Gasteiger partial charge in [-0.25, -0.2) is 9.97 Å². The fourth-order valence-corrected chi connectivity index (χ4v) is 1.71. The standard InChI is InChI=1S/C14H17N3O4/c1-3-7-20-13-14(21-8-4-2)16-12-9-10(17(18)19)5-6-11(12)15-13/h5-6,9H,3-4,7-8H2,1-2H3. The molecule has 7 nitrogen and oxygen atoms in total. The molecule has 0 saturated heterocycles. The summed E-state index contributed by atoms with van der Waals surface area (Å²) in [6.45, 7) is 4.96. The van der Waals surface area contributed by atoms with E-state index in [1.807, 2.05) is 13.8 Å². The third-order valence-electron chi connectivity index (χ3n) is 2.68. The molecule has 0 spiro atoms. The molecule has 0 bridgehead atoms. The van der Waals surface area contributed by atoms with Crippen LogP contribution in [0.15, 0.2) is 18.2 Å². The average Bonchev–Trinajstić information content (AvgIpc) is 2.49. The minimum absolute atomic E-state index is 0.0273. The van der Waals surface area contributed by atoms with Crippen molar-refractivity contribution in [1.29, 1.82) is 0 Å². The second kappa shape index (κ2) is 6.83. The Labute approximate surface area is 122 Å². The zero-order chi connectivity index (χ0) is 15.2. The predicted molar refractivity (Wildman–Crippen MR) is 77.8 cm³/mol. The highest BCUT2D eigenvalue weighted by atomic mass is 16.6. The first kappa shape index (κ1) is 15.0. The van der Waals surface area contributed by atoms with Gasteiger partial charge in [-0.1, -0.05) is 13.8 Å². The molecule has 0 radical (unpaired) electrons. The number of hydrogen-bond acceptors (Lipinski definition) is 6. The zero-order valence-electron chi connectivity index (χ0n) is 12.0. The molecule has 0 aliphatic rings. The highest BCUT2D eigenvalue weighted by Gasteiger charge is 2.14. The van der Waals surface area contributed by atoms with Gasteiger partial charge in [0.15, 0.2) is 0 Å². The monoisotopic (exact) mass is 291 g/mol. The maximum absolute atomic E-state index is 10.8. The van der Waals surface area contributed by atoms with E-state index in [2.05, 4.69) is 9.97 Å². The van der Waals surface area contributed by atoms with Crippen LogP contribution in [0.3, 0.4) is 0 Å². The van der Waals surface area contributed by atoms with Gasteiger partial charge in [-0.05, 0) is 18.9 Å². The number of benzene rings is 1. The molecule has 21 heavy (non-hydrogen) atoms. The van der Waals surface area contributed by atoms with E-state index < -0.39 is 4.92 Å². The molecule has 7 heteroatoms. The molecule has 1 heterocycles. The molecule has 1 aromatic heterocycles. The van der Waals surface area contributed by atoms with Crippen LogP contribution in [0.25, 0.3) is 11.0 Å². The molecule has 112 valence electrons. The third-order valence-corrected chi connectivity index (χ3v) is 2.68. The number of nitrogens with zero attached hydrogens (tertiary/aromatic N) is 3. The highest BCUT2D eigenvalue weighted by molar-refractivity contribution is 5.78. The number of nitro groups is 1. The van der Waals surface area contributed by atoms with Crippen molar-refractivity contribution < 1.29 is 14.4 Å². The van der Waals surface area contributed by atoms with Gasteiger partial charge in [0.1, 0.15) is 0 Å². The van der Waals surface area contributed by atoms with E-state index in [-0.39, 0.29) is 11.6 Å². The van der Waals surface area contributed by atoms with Crippen LogP contribution in [0.4, 0.5) is 5.69 Å². The summed E-state index contributed by atoms with van der Waals surface area (Å²) in [6, 6.07) is 4.33. The van der Waals surface area contributed by atoms with Crippen LogP contribution in [0, 0.1) is 10.1 Å². The lowest BCUT2D eigenvalue weighted by Gasteiger charge is -2.10. The van der Waals surface area contributed by atoms with Crippen LogP contribution in [0.2, 0.25) is 0 Å². The van der Waals surface area contributed by atoms with E-state index in [1.54, 1.807) is 6.07 Å². The van der Waals surface area contributed by atoms with Crippen molar-refractivity contribution in [3.05, 3.63) is 28.3 Å². The highest BCUT2D eigenvalue weighted by Crippen LogP contribution is 2.27. The fraction of sp³-hybridized carbons (Fsp3) is 0.429. The van der Waals surface area contributed by atoms with E-state index in [0.29, 0.717) is 30.1 Å². The molecule has 1 aromatic carbocycles. The van der Waals surface area contributed by atoms with Crippen LogP contribution < -0.4 is 9.47 Å². The number of nitro benzene ring substituents is 1. The Kier molecular flexibility index (Phi) is 4.86. The smallest absolute Gasteiger partial charge is 0.278 e. The van der Waals surface area contributed by atoms with Crippen molar-refractivity contribution in [2.24, 2.45) is 0 Å². The number of fused-ring (bicyclic) bond motifs is 1. The molecule has 0 fully saturated rings. The summed E-state index contributed by atoms with van der Waals surface area (Å²) >= 11 is 0. The largest absolute Gasteiger partial charge is 0.474 e. The van der Waals surface area contributed by atoms with Gasteiger partial charge < -0.3 is 9.47 Å². The summed E-state index contributed by atoms with van der Waals surface area (Å²) in [4.78, 5) is 19.0. The second-order valence-electron chi connectivity index (χ2n) is 4.46. The quantitative estimate of drug-likeness (QED) is 0.575. The molecule has 0 amide bonds. The second-order valence-corrected chi connectivity index (χ2v) is 4.46. The van der Waals surface area contributed by atoms with Crippen molar-refractivity contribution in [3.63, 3.8) is 0 Å². The topological polar surface area (TPSA) is 87.4 Å². The van der Waals surface area contributed by atoms with E-state index in [4.69, 9.17) is 9.47 Å². The minimum Gasteiger partial charge on any atom is -0.474 e. The molecule has 2 rings (SSSR count).